The second-order valence-electron chi connectivity index (χ2n) is 7.87. The molecule has 0 atom stereocenters. The smallest absolute Gasteiger partial charge is 0.268 e. The molecule has 0 aliphatic carbocycles. The molecule has 0 saturated heterocycles. The van der Waals surface area contributed by atoms with Crippen LogP contribution in [0.2, 0.25) is 20.1 Å². The molecule has 220 valence electrons. The quantitative estimate of drug-likeness (QED) is 0.132. The maximum atomic E-state index is 14.4. The van der Waals surface area contributed by atoms with Crippen molar-refractivity contribution in [3.63, 3.8) is 0 Å². The van der Waals surface area contributed by atoms with E-state index in [-0.39, 0.29) is 29.2 Å². The fraction of sp³-hybridized carbons (Fsp3) is 0.300. The maximum Gasteiger partial charge on any atom is 0.460 e. The van der Waals surface area contributed by atoms with Gasteiger partial charge in [0.2, 0.25) is 0 Å². The Balaban J connectivity index is 2.05. The number of amides is 2. The fourth-order valence-corrected chi connectivity index (χ4v) is 4.37. The summed E-state index contributed by atoms with van der Waals surface area (Å²) in [5.41, 5.74) is -4.35. The number of hydrogen-bond acceptors (Lipinski definition) is 2. The Labute approximate surface area is 232 Å². The molecule has 0 unspecified atom stereocenters. The zero-order valence-electron chi connectivity index (χ0n) is 18.0. The van der Waals surface area contributed by atoms with Crippen LogP contribution in [0.25, 0.3) is 0 Å². The highest BCUT2D eigenvalue weighted by Crippen LogP contribution is 2.62. The third kappa shape index (κ3) is 4.11. The zero-order valence-corrected chi connectivity index (χ0v) is 21.0. The number of hydrogen-bond donors (Lipinski definition) is 0. The first-order chi connectivity index (χ1) is 17.8. The van der Waals surface area contributed by atoms with Gasteiger partial charge in [-0.3, -0.25) is 9.59 Å². The molecule has 1 aliphatic rings. The number of carbonyl (C=O) groups is 2. The van der Waals surface area contributed by atoms with E-state index in [0.717, 1.165) is 0 Å². The highest BCUT2D eigenvalue weighted by atomic mass is 35.5. The van der Waals surface area contributed by atoms with Gasteiger partial charge in [0.1, 0.15) is 0 Å². The molecule has 2 aromatic carbocycles. The van der Waals surface area contributed by atoms with Crippen LogP contribution in [-0.2, 0) is 5.92 Å². The Morgan fingerprint density at radius 2 is 0.850 bits per heavy atom. The molecule has 0 radical (unpaired) electrons. The predicted molar refractivity (Wildman–Crippen MR) is 114 cm³/mol. The minimum Gasteiger partial charge on any atom is -0.268 e. The number of fused-ring (bicyclic) bond motifs is 1. The van der Waals surface area contributed by atoms with E-state index in [9.17, 15) is 66.7 Å². The SMILES string of the molecule is O=C1c2c(Cl)c(Cl)c(Cl)c(Cl)c2C(=O)N1c1ccc(C(F)(F)C(F)(F)C(F)(F)C(F)(F)C(F)(F)C(F)(F)F)cc1. The molecular formula is C20H4Cl4F13NO2. The van der Waals surface area contributed by atoms with E-state index in [0.29, 0.717) is 0 Å². The molecule has 3 nitrogen and oxygen atoms in total. The van der Waals surface area contributed by atoms with Crippen LogP contribution in [0.1, 0.15) is 26.3 Å². The van der Waals surface area contributed by atoms with Crippen LogP contribution in [0.4, 0.5) is 62.8 Å². The summed E-state index contributed by atoms with van der Waals surface area (Å²) in [4.78, 5) is 25.7. The number of nitrogens with zero attached hydrogens (tertiary/aromatic N) is 1. The van der Waals surface area contributed by atoms with Crippen LogP contribution < -0.4 is 4.90 Å². The highest BCUT2D eigenvalue weighted by molar-refractivity contribution is 6.56. The molecule has 3 rings (SSSR count). The Morgan fingerprint density at radius 3 is 1.20 bits per heavy atom. The van der Waals surface area contributed by atoms with Gasteiger partial charge < -0.3 is 0 Å². The van der Waals surface area contributed by atoms with Crippen LogP contribution >= 0.6 is 46.4 Å². The Morgan fingerprint density at radius 1 is 0.500 bits per heavy atom. The van der Waals surface area contributed by atoms with Crippen molar-refractivity contribution >= 4 is 63.9 Å². The maximum absolute atomic E-state index is 14.4. The van der Waals surface area contributed by atoms with Gasteiger partial charge in [0.25, 0.3) is 11.8 Å². The topological polar surface area (TPSA) is 37.4 Å². The summed E-state index contributed by atoms with van der Waals surface area (Å²) in [5.74, 6) is -40.7. The molecule has 2 amide bonds. The van der Waals surface area contributed by atoms with Gasteiger partial charge in [-0.2, -0.15) is 57.1 Å². The van der Waals surface area contributed by atoms with E-state index >= 15 is 0 Å². The summed E-state index contributed by atoms with van der Waals surface area (Å²) in [6.07, 6.45) is -7.54. The molecule has 0 saturated carbocycles. The van der Waals surface area contributed by atoms with Crippen LogP contribution in [0.3, 0.4) is 0 Å². The number of rotatable bonds is 6. The van der Waals surface area contributed by atoms with Gasteiger partial charge in [-0.25, -0.2) is 4.90 Å². The normalized spacial score (nSPS) is 15.7. The lowest BCUT2D eigenvalue weighted by Gasteiger charge is -2.39. The van der Waals surface area contributed by atoms with E-state index in [4.69, 9.17) is 46.4 Å². The zero-order chi connectivity index (χ0) is 31.2. The van der Waals surface area contributed by atoms with Gasteiger partial charge in [0.05, 0.1) is 36.9 Å². The summed E-state index contributed by atoms with van der Waals surface area (Å²) >= 11 is 23.4. The monoisotopic (exact) mass is 677 g/mol. The average molecular weight is 679 g/mol. The summed E-state index contributed by atoms with van der Waals surface area (Å²) in [6.45, 7) is 0. The summed E-state index contributed by atoms with van der Waals surface area (Å²) in [5, 5.41) is -2.15. The van der Waals surface area contributed by atoms with E-state index in [2.05, 4.69) is 0 Å². The minimum absolute atomic E-state index is 0.155. The van der Waals surface area contributed by atoms with Crippen molar-refractivity contribution in [3.8, 4) is 0 Å². The lowest BCUT2D eigenvalue weighted by atomic mass is 9.90. The second-order valence-corrected chi connectivity index (χ2v) is 9.38. The largest absolute Gasteiger partial charge is 0.460 e. The molecule has 0 bridgehead atoms. The second kappa shape index (κ2) is 9.42. The molecule has 0 aromatic heterocycles. The first-order valence-corrected chi connectivity index (χ1v) is 11.1. The van der Waals surface area contributed by atoms with Crippen LogP contribution in [0, 0.1) is 0 Å². The van der Waals surface area contributed by atoms with Gasteiger partial charge in [-0.05, 0) is 12.1 Å². The Kier molecular flexibility index (Phi) is 7.62. The average Bonchev–Trinajstić information content (AvgIpc) is 3.10. The summed E-state index contributed by atoms with van der Waals surface area (Å²) < 4.78 is 174. The van der Waals surface area contributed by atoms with E-state index < -0.39 is 90.1 Å². The van der Waals surface area contributed by atoms with Gasteiger partial charge >= 0.3 is 35.8 Å². The lowest BCUT2D eigenvalue weighted by Crippen LogP contribution is -2.69. The van der Waals surface area contributed by atoms with E-state index in [1.807, 2.05) is 0 Å². The highest BCUT2D eigenvalue weighted by Gasteiger charge is 2.90. The number of anilines is 1. The molecule has 40 heavy (non-hydrogen) atoms. The van der Waals surface area contributed by atoms with Gasteiger partial charge in [0, 0.05) is 5.56 Å². The minimum atomic E-state index is -8.06. The molecule has 0 N–H and O–H groups in total. The van der Waals surface area contributed by atoms with Crippen LogP contribution in [0.15, 0.2) is 24.3 Å². The number of benzene rings is 2. The number of halogens is 17. The van der Waals surface area contributed by atoms with Crippen molar-refractivity contribution in [3.05, 3.63) is 61.0 Å². The standard InChI is InChI=1S/C20H4Cl4F13NO2/c21-9-7-8(10(22)12(24)11(9)23)14(40)38(13(7)39)6-3-1-5(2-4-6)15(25,26)16(27,28)17(29,30)18(31,32)19(33,34)20(35,36)37/h1-4H. The van der Waals surface area contributed by atoms with E-state index in [1.54, 1.807) is 0 Å². The number of imide groups is 1. The van der Waals surface area contributed by atoms with Crippen LogP contribution in [-0.4, -0.2) is 41.7 Å². The van der Waals surface area contributed by atoms with Crippen molar-refractivity contribution in [2.75, 3.05) is 4.90 Å². The van der Waals surface area contributed by atoms with Crippen LogP contribution in [0.5, 0.6) is 0 Å². The van der Waals surface area contributed by atoms with Crippen molar-refractivity contribution in [2.24, 2.45) is 0 Å². The molecule has 1 heterocycles. The number of alkyl halides is 13. The molecule has 0 spiro atoms. The molecule has 2 aromatic rings. The van der Waals surface area contributed by atoms with Crippen molar-refractivity contribution in [1.82, 2.24) is 0 Å². The lowest BCUT2D eigenvalue weighted by molar-refractivity contribution is -0.441. The van der Waals surface area contributed by atoms with Crippen molar-refractivity contribution in [1.29, 1.82) is 0 Å². The Bertz CT molecular complexity index is 1360. The first kappa shape index (κ1) is 32.3. The third-order valence-electron chi connectivity index (χ3n) is 5.52. The molecule has 1 aliphatic heterocycles. The van der Waals surface area contributed by atoms with Crippen molar-refractivity contribution in [2.45, 2.75) is 35.8 Å². The molecule has 20 heteroatoms. The predicted octanol–water partition coefficient (Wildman–Crippen LogP) is 9.30. The Hall–Kier alpha value is -2.17. The first-order valence-electron chi connectivity index (χ1n) is 9.61. The fourth-order valence-electron chi connectivity index (χ4n) is 3.35. The third-order valence-corrected chi connectivity index (χ3v) is 7.32. The molecular weight excluding hydrogens is 675 g/mol. The van der Waals surface area contributed by atoms with Gasteiger partial charge in [-0.15, -0.1) is 0 Å². The summed E-state index contributed by atoms with van der Waals surface area (Å²) in [6, 6.07) is 0.0252. The summed E-state index contributed by atoms with van der Waals surface area (Å²) in [7, 11) is 0. The van der Waals surface area contributed by atoms with Gasteiger partial charge in [0.15, 0.2) is 0 Å². The molecule has 0 fully saturated rings. The van der Waals surface area contributed by atoms with Gasteiger partial charge in [-0.1, -0.05) is 58.5 Å². The van der Waals surface area contributed by atoms with E-state index in [1.165, 1.54) is 0 Å². The number of carbonyl (C=O) groups excluding carboxylic acids is 2. The van der Waals surface area contributed by atoms with Crippen molar-refractivity contribution < 1.29 is 66.7 Å².